The molecule has 0 aliphatic carbocycles. The number of ether oxygens (including phenoxy) is 1. The Hall–Kier alpha value is -3.00. The minimum absolute atomic E-state index is 0.256. The number of carbonyl (C=O) groups is 1. The first-order chi connectivity index (χ1) is 12.8. The van der Waals surface area contributed by atoms with Gasteiger partial charge in [0, 0.05) is 26.0 Å². The molecule has 8 nitrogen and oxygen atoms in total. The molecule has 1 aliphatic heterocycles. The molecule has 1 saturated heterocycles. The number of aromatic nitrogens is 5. The Labute approximate surface area is 150 Å². The van der Waals surface area contributed by atoms with Gasteiger partial charge in [0.2, 0.25) is 0 Å². The number of para-hydroxylation sites is 1. The van der Waals surface area contributed by atoms with Crippen molar-refractivity contribution in [1.29, 1.82) is 0 Å². The number of nitrogens with one attached hydrogen (secondary N) is 1. The van der Waals surface area contributed by atoms with Gasteiger partial charge in [-0.3, -0.25) is 9.48 Å². The second-order valence-electron chi connectivity index (χ2n) is 6.32. The topological polar surface area (TPSA) is 86.9 Å². The van der Waals surface area contributed by atoms with E-state index in [1.54, 1.807) is 6.20 Å². The summed E-state index contributed by atoms with van der Waals surface area (Å²) in [6, 6.07) is 9.46. The molecule has 4 rings (SSSR count). The zero-order chi connectivity index (χ0) is 17.8. The quantitative estimate of drug-likeness (QED) is 0.760. The summed E-state index contributed by atoms with van der Waals surface area (Å²) < 4.78 is 7.24. The number of nitrogens with zero attached hydrogens (tertiary/aromatic N) is 5. The monoisotopic (exact) mass is 352 g/mol. The fourth-order valence-electron chi connectivity index (χ4n) is 2.97. The highest BCUT2D eigenvalue weighted by molar-refractivity contribution is 6.02. The molecule has 3 aromatic rings. The number of hydrogen-bond acceptors (Lipinski definition) is 5. The van der Waals surface area contributed by atoms with Crippen LogP contribution in [0.1, 0.15) is 23.3 Å². The second-order valence-corrected chi connectivity index (χ2v) is 6.32. The van der Waals surface area contributed by atoms with Crippen LogP contribution >= 0.6 is 0 Å². The van der Waals surface area contributed by atoms with E-state index in [-0.39, 0.29) is 11.6 Å². The van der Waals surface area contributed by atoms with E-state index in [0.717, 1.165) is 38.3 Å². The predicted molar refractivity (Wildman–Crippen MR) is 95.1 cm³/mol. The van der Waals surface area contributed by atoms with Gasteiger partial charge in [-0.05, 0) is 30.9 Å². The summed E-state index contributed by atoms with van der Waals surface area (Å²) in [7, 11) is 0. The average molecular weight is 352 g/mol. The maximum Gasteiger partial charge on any atom is 0.277 e. The highest BCUT2D eigenvalue weighted by atomic mass is 16.5. The largest absolute Gasteiger partial charge is 0.381 e. The summed E-state index contributed by atoms with van der Waals surface area (Å²) in [5.74, 6) is 0.260. The molecule has 0 spiro atoms. The lowest BCUT2D eigenvalue weighted by Gasteiger charge is -2.21. The van der Waals surface area contributed by atoms with E-state index in [2.05, 4.69) is 20.6 Å². The Morgan fingerprint density at radius 2 is 1.96 bits per heavy atom. The molecule has 1 fully saturated rings. The summed E-state index contributed by atoms with van der Waals surface area (Å²) in [5.41, 5.74) is 1.71. The van der Waals surface area contributed by atoms with Crippen LogP contribution in [0.2, 0.25) is 0 Å². The van der Waals surface area contributed by atoms with E-state index in [1.165, 1.54) is 11.0 Å². The third kappa shape index (κ3) is 3.80. The molecule has 1 aliphatic rings. The second kappa shape index (κ2) is 7.49. The first kappa shape index (κ1) is 16.5. The molecule has 134 valence electrons. The highest BCUT2D eigenvalue weighted by Crippen LogP contribution is 2.17. The van der Waals surface area contributed by atoms with Gasteiger partial charge in [-0.1, -0.05) is 18.2 Å². The van der Waals surface area contributed by atoms with Crippen molar-refractivity contribution in [2.24, 2.45) is 5.92 Å². The fraction of sp³-hybridized carbons (Fsp3) is 0.333. The van der Waals surface area contributed by atoms with Gasteiger partial charge >= 0.3 is 0 Å². The molecule has 26 heavy (non-hydrogen) atoms. The molecular weight excluding hydrogens is 332 g/mol. The first-order valence-corrected chi connectivity index (χ1v) is 8.67. The van der Waals surface area contributed by atoms with Crippen molar-refractivity contribution in [3.8, 4) is 5.69 Å². The van der Waals surface area contributed by atoms with Crippen LogP contribution in [-0.2, 0) is 11.3 Å². The molecule has 1 N–H and O–H groups in total. The van der Waals surface area contributed by atoms with Gasteiger partial charge in [0.1, 0.15) is 0 Å². The standard InChI is InChI=1S/C18H20N6O2/c25-18(17-11-20-24(22-17)16-4-2-1-3-5-16)21-15-10-19-23(13-15)12-14-6-8-26-9-7-14/h1-5,10-11,13-14H,6-9,12H2,(H,21,25). The van der Waals surface area contributed by atoms with Gasteiger partial charge in [0.25, 0.3) is 5.91 Å². The third-order valence-electron chi connectivity index (χ3n) is 4.39. The van der Waals surface area contributed by atoms with E-state index in [0.29, 0.717) is 11.6 Å². The number of rotatable bonds is 5. The molecule has 0 saturated carbocycles. The van der Waals surface area contributed by atoms with Gasteiger partial charge in [-0.2, -0.15) is 15.0 Å². The smallest absolute Gasteiger partial charge is 0.277 e. The van der Waals surface area contributed by atoms with Crippen molar-refractivity contribution in [1.82, 2.24) is 24.8 Å². The maximum atomic E-state index is 12.4. The zero-order valence-corrected chi connectivity index (χ0v) is 14.3. The molecule has 0 unspecified atom stereocenters. The Balaban J connectivity index is 1.38. The zero-order valence-electron chi connectivity index (χ0n) is 14.3. The van der Waals surface area contributed by atoms with Crippen molar-refractivity contribution >= 4 is 11.6 Å². The Bertz CT molecular complexity index is 867. The summed E-state index contributed by atoms with van der Waals surface area (Å²) in [4.78, 5) is 13.8. The minimum atomic E-state index is -0.308. The summed E-state index contributed by atoms with van der Waals surface area (Å²) in [6.07, 6.45) is 7.04. The van der Waals surface area contributed by atoms with Crippen molar-refractivity contribution < 1.29 is 9.53 Å². The van der Waals surface area contributed by atoms with Crippen molar-refractivity contribution in [2.75, 3.05) is 18.5 Å². The van der Waals surface area contributed by atoms with Crippen LogP contribution < -0.4 is 5.32 Å². The lowest BCUT2D eigenvalue weighted by Crippen LogP contribution is -2.20. The Morgan fingerprint density at radius 3 is 2.77 bits per heavy atom. The number of benzene rings is 1. The molecule has 8 heteroatoms. The van der Waals surface area contributed by atoms with E-state index >= 15 is 0 Å². The van der Waals surface area contributed by atoms with Gasteiger partial charge in [0.05, 0.1) is 23.8 Å². The summed E-state index contributed by atoms with van der Waals surface area (Å²) >= 11 is 0. The van der Waals surface area contributed by atoms with Crippen LogP contribution in [0.4, 0.5) is 5.69 Å². The number of carbonyl (C=O) groups excluding carboxylic acids is 1. The highest BCUT2D eigenvalue weighted by Gasteiger charge is 2.16. The molecule has 3 heterocycles. The van der Waals surface area contributed by atoms with E-state index in [1.807, 2.05) is 41.2 Å². The number of anilines is 1. The third-order valence-corrected chi connectivity index (χ3v) is 4.39. The van der Waals surface area contributed by atoms with Crippen molar-refractivity contribution in [3.63, 3.8) is 0 Å². The molecule has 1 aromatic carbocycles. The molecule has 2 aromatic heterocycles. The van der Waals surface area contributed by atoms with Crippen LogP contribution in [0.5, 0.6) is 0 Å². The fourth-order valence-corrected chi connectivity index (χ4v) is 2.97. The van der Waals surface area contributed by atoms with Gasteiger partial charge in [-0.15, -0.1) is 5.10 Å². The normalized spacial score (nSPS) is 15.1. The number of hydrogen-bond donors (Lipinski definition) is 1. The lowest BCUT2D eigenvalue weighted by atomic mass is 10.0. The van der Waals surface area contributed by atoms with Crippen molar-refractivity contribution in [2.45, 2.75) is 19.4 Å². The van der Waals surface area contributed by atoms with Crippen LogP contribution in [0.15, 0.2) is 48.9 Å². The molecular formula is C18H20N6O2. The average Bonchev–Trinajstić information content (AvgIpc) is 3.33. The summed E-state index contributed by atoms with van der Waals surface area (Å²) in [6.45, 7) is 2.46. The SMILES string of the molecule is O=C(Nc1cnn(CC2CCOCC2)c1)c1cnn(-c2ccccc2)n1. The van der Waals surface area contributed by atoms with Crippen LogP contribution in [-0.4, -0.2) is 43.9 Å². The van der Waals surface area contributed by atoms with Crippen LogP contribution in [0, 0.1) is 5.92 Å². The molecule has 0 atom stereocenters. The van der Waals surface area contributed by atoms with Gasteiger partial charge < -0.3 is 10.1 Å². The Kier molecular flexibility index (Phi) is 4.74. The molecule has 1 amide bonds. The van der Waals surface area contributed by atoms with Gasteiger partial charge in [0.15, 0.2) is 5.69 Å². The predicted octanol–water partition coefficient (Wildman–Crippen LogP) is 2.14. The molecule has 0 bridgehead atoms. The minimum Gasteiger partial charge on any atom is -0.381 e. The van der Waals surface area contributed by atoms with E-state index in [9.17, 15) is 4.79 Å². The van der Waals surface area contributed by atoms with Crippen molar-refractivity contribution in [3.05, 3.63) is 54.6 Å². The molecule has 0 radical (unpaired) electrons. The Morgan fingerprint density at radius 1 is 1.15 bits per heavy atom. The maximum absolute atomic E-state index is 12.4. The summed E-state index contributed by atoms with van der Waals surface area (Å²) in [5, 5.41) is 15.5. The van der Waals surface area contributed by atoms with E-state index < -0.39 is 0 Å². The lowest BCUT2D eigenvalue weighted by molar-refractivity contribution is 0.0601. The number of amides is 1. The first-order valence-electron chi connectivity index (χ1n) is 8.67. The van der Waals surface area contributed by atoms with Crippen LogP contribution in [0.3, 0.4) is 0 Å². The van der Waals surface area contributed by atoms with Gasteiger partial charge in [-0.25, -0.2) is 0 Å². The van der Waals surface area contributed by atoms with E-state index in [4.69, 9.17) is 4.74 Å². The van der Waals surface area contributed by atoms with Crippen LogP contribution in [0.25, 0.3) is 5.69 Å².